The summed E-state index contributed by atoms with van der Waals surface area (Å²) in [7, 11) is 0. The van der Waals surface area contributed by atoms with E-state index in [0.717, 1.165) is 17.0 Å². The van der Waals surface area contributed by atoms with Crippen LogP contribution >= 0.6 is 0 Å². The van der Waals surface area contributed by atoms with Crippen LogP contribution in [0, 0.1) is 13.8 Å². The monoisotopic (exact) mass is 376 g/mol. The van der Waals surface area contributed by atoms with Crippen LogP contribution in [0.2, 0.25) is 0 Å². The number of carbonyl (C=O) groups is 2. The number of carbonyl (C=O) groups excluding carboxylic acids is 2. The number of aryl methyl sites for hydroxylation is 1. The molecule has 0 aliphatic rings. The second-order valence-corrected chi connectivity index (χ2v) is 6.74. The Morgan fingerprint density at radius 1 is 1.04 bits per heavy atom. The van der Waals surface area contributed by atoms with Crippen LogP contribution in [0.5, 0.6) is 0 Å². The molecule has 1 heterocycles. The van der Waals surface area contributed by atoms with Gasteiger partial charge in [-0.1, -0.05) is 36.4 Å². The van der Waals surface area contributed by atoms with E-state index in [1.165, 1.54) is 12.5 Å². The van der Waals surface area contributed by atoms with Gasteiger partial charge in [-0.05, 0) is 37.6 Å². The van der Waals surface area contributed by atoms with Crippen LogP contribution in [0.15, 0.2) is 54.6 Å². The van der Waals surface area contributed by atoms with Crippen LogP contribution in [-0.4, -0.2) is 21.6 Å². The summed E-state index contributed by atoms with van der Waals surface area (Å²) in [4.78, 5) is 23.7. The standard InChI is InChI=1S/C22H24N4O2/c1-15-21(16(2)26(25-15)14-18-8-5-4-6-9-18)13-23-22(28)19-10-7-11-20(12-19)24-17(3)27/h4-12H,13-14H2,1-3H3,(H,23,28)(H,24,27). The molecular weight excluding hydrogens is 352 g/mol. The van der Waals surface area contributed by atoms with Crippen LogP contribution in [0.25, 0.3) is 0 Å². The van der Waals surface area contributed by atoms with E-state index in [-0.39, 0.29) is 11.8 Å². The van der Waals surface area contributed by atoms with Crippen molar-refractivity contribution in [3.63, 3.8) is 0 Å². The third-order valence-electron chi connectivity index (χ3n) is 4.58. The summed E-state index contributed by atoms with van der Waals surface area (Å²) in [6.07, 6.45) is 0. The summed E-state index contributed by atoms with van der Waals surface area (Å²) in [6, 6.07) is 17.0. The fourth-order valence-electron chi connectivity index (χ4n) is 3.11. The lowest BCUT2D eigenvalue weighted by Crippen LogP contribution is -2.23. The third-order valence-corrected chi connectivity index (χ3v) is 4.58. The Kier molecular flexibility index (Phi) is 5.89. The largest absolute Gasteiger partial charge is 0.348 e. The number of nitrogens with one attached hydrogen (secondary N) is 2. The summed E-state index contributed by atoms with van der Waals surface area (Å²) < 4.78 is 1.96. The van der Waals surface area contributed by atoms with Crippen molar-refractivity contribution < 1.29 is 9.59 Å². The van der Waals surface area contributed by atoms with Gasteiger partial charge in [0.25, 0.3) is 5.91 Å². The zero-order valence-corrected chi connectivity index (χ0v) is 16.3. The second-order valence-electron chi connectivity index (χ2n) is 6.74. The van der Waals surface area contributed by atoms with E-state index < -0.39 is 0 Å². The Bertz CT molecular complexity index is 993. The van der Waals surface area contributed by atoms with Gasteiger partial charge in [-0.2, -0.15) is 5.10 Å². The van der Waals surface area contributed by atoms with Crippen molar-refractivity contribution in [2.75, 3.05) is 5.32 Å². The zero-order chi connectivity index (χ0) is 20.1. The maximum Gasteiger partial charge on any atom is 0.251 e. The number of anilines is 1. The highest BCUT2D eigenvalue weighted by molar-refractivity contribution is 5.96. The van der Waals surface area contributed by atoms with Crippen molar-refractivity contribution in [1.29, 1.82) is 0 Å². The molecule has 0 radical (unpaired) electrons. The molecule has 2 amide bonds. The number of aromatic nitrogens is 2. The van der Waals surface area contributed by atoms with Gasteiger partial charge in [0.2, 0.25) is 5.91 Å². The number of rotatable bonds is 6. The summed E-state index contributed by atoms with van der Waals surface area (Å²) in [6.45, 7) is 6.50. The predicted molar refractivity (Wildman–Crippen MR) is 109 cm³/mol. The van der Waals surface area contributed by atoms with Gasteiger partial charge in [0.1, 0.15) is 0 Å². The van der Waals surface area contributed by atoms with Gasteiger partial charge in [-0.25, -0.2) is 0 Å². The molecule has 6 heteroatoms. The molecule has 1 aromatic heterocycles. The van der Waals surface area contributed by atoms with Gasteiger partial charge in [-0.3, -0.25) is 14.3 Å². The maximum absolute atomic E-state index is 12.5. The Morgan fingerprint density at radius 3 is 2.50 bits per heavy atom. The molecule has 6 nitrogen and oxygen atoms in total. The molecule has 144 valence electrons. The van der Waals surface area contributed by atoms with Crippen LogP contribution < -0.4 is 10.6 Å². The molecule has 0 aliphatic carbocycles. The molecule has 0 saturated carbocycles. The van der Waals surface area contributed by atoms with E-state index >= 15 is 0 Å². The summed E-state index contributed by atoms with van der Waals surface area (Å²) in [5, 5.41) is 10.3. The van der Waals surface area contributed by atoms with E-state index in [0.29, 0.717) is 24.3 Å². The summed E-state index contributed by atoms with van der Waals surface area (Å²) in [5.41, 5.74) is 5.23. The first-order valence-electron chi connectivity index (χ1n) is 9.16. The van der Waals surface area contributed by atoms with Crippen LogP contribution in [0.1, 0.15) is 39.8 Å². The zero-order valence-electron chi connectivity index (χ0n) is 16.3. The lowest BCUT2D eigenvalue weighted by molar-refractivity contribution is -0.114. The smallest absolute Gasteiger partial charge is 0.251 e. The molecular formula is C22H24N4O2. The average molecular weight is 376 g/mol. The first kappa shape index (κ1) is 19.4. The maximum atomic E-state index is 12.5. The van der Waals surface area contributed by atoms with E-state index in [2.05, 4.69) is 27.9 Å². The Labute approximate surface area is 164 Å². The number of hydrogen-bond donors (Lipinski definition) is 2. The van der Waals surface area contributed by atoms with Crippen LogP contribution in [0.3, 0.4) is 0 Å². The van der Waals surface area contributed by atoms with Gasteiger partial charge in [0.05, 0.1) is 12.2 Å². The fraction of sp³-hybridized carbons (Fsp3) is 0.227. The lowest BCUT2D eigenvalue weighted by Gasteiger charge is -2.09. The van der Waals surface area contributed by atoms with Crippen LogP contribution in [-0.2, 0) is 17.9 Å². The highest BCUT2D eigenvalue weighted by Crippen LogP contribution is 2.16. The topological polar surface area (TPSA) is 76.0 Å². The fourth-order valence-corrected chi connectivity index (χ4v) is 3.11. The van der Waals surface area contributed by atoms with Crippen molar-refractivity contribution in [2.45, 2.75) is 33.9 Å². The molecule has 0 saturated heterocycles. The first-order chi connectivity index (χ1) is 13.4. The Hall–Kier alpha value is -3.41. The van der Waals surface area contributed by atoms with Crippen molar-refractivity contribution in [3.05, 3.63) is 82.7 Å². The molecule has 0 spiro atoms. The molecule has 2 aromatic carbocycles. The molecule has 0 unspecified atom stereocenters. The number of benzene rings is 2. The highest BCUT2D eigenvalue weighted by Gasteiger charge is 2.14. The number of hydrogen-bond acceptors (Lipinski definition) is 3. The quantitative estimate of drug-likeness (QED) is 0.692. The average Bonchev–Trinajstić information content (AvgIpc) is 2.93. The van der Waals surface area contributed by atoms with Gasteiger partial charge in [0, 0.05) is 36.0 Å². The number of nitrogens with zero attached hydrogens (tertiary/aromatic N) is 2. The SMILES string of the molecule is CC(=O)Nc1cccc(C(=O)NCc2c(C)nn(Cc3ccccc3)c2C)c1. The van der Waals surface area contributed by atoms with E-state index in [4.69, 9.17) is 0 Å². The van der Waals surface area contributed by atoms with Crippen molar-refractivity contribution in [3.8, 4) is 0 Å². The van der Waals surface area contributed by atoms with E-state index in [9.17, 15) is 9.59 Å². The molecule has 0 atom stereocenters. The minimum atomic E-state index is -0.193. The first-order valence-corrected chi connectivity index (χ1v) is 9.16. The third kappa shape index (κ3) is 4.65. The van der Waals surface area contributed by atoms with Gasteiger partial charge >= 0.3 is 0 Å². The molecule has 3 aromatic rings. The van der Waals surface area contributed by atoms with Gasteiger partial charge < -0.3 is 10.6 Å². The minimum absolute atomic E-state index is 0.172. The second kappa shape index (κ2) is 8.52. The van der Waals surface area contributed by atoms with Gasteiger partial charge in [0.15, 0.2) is 0 Å². The molecule has 3 rings (SSSR count). The van der Waals surface area contributed by atoms with Crippen LogP contribution in [0.4, 0.5) is 5.69 Å². The van der Waals surface area contributed by atoms with Gasteiger partial charge in [-0.15, -0.1) is 0 Å². The Morgan fingerprint density at radius 2 is 1.79 bits per heavy atom. The lowest BCUT2D eigenvalue weighted by atomic mass is 10.1. The molecule has 0 bridgehead atoms. The molecule has 28 heavy (non-hydrogen) atoms. The Balaban J connectivity index is 1.69. The van der Waals surface area contributed by atoms with Crippen molar-refractivity contribution in [2.24, 2.45) is 0 Å². The molecule has 0 fully saturated rings. The predicted octanol–water partition coefficient (Wildman–Crippen LogP) is 3.44. The molecule has 2 N–H and O–H groups in total. The van der Waals surface area contributed by atoms with E-state index in [1.54, 1.807) is 24.3 Å². The van der Waals surface area contributed by atoms with E-state index in [1.807, 2.05) is 36.7 Å². The summed E-state index contributed by atoms with van der Waals surface area (Å²) >= 11 is 0. The highest BCUT2D eigenvalue weighted by atomic mass is 16.2. The summed E-state index contributed by atoms with van der Waals surface area (Å²) in [5.74, 6) is -0.364. The molecule has 0 aliphatic heterocycles. The number of amides is 2. The normalized spacial score (nSPS) is 10.5. The minimum Gasteiger partial charge on any atom is -0.348 e. The van der Waals surface area contributed by atoms with Crippen molar-refractivity contribution in [1.82, 2.24) is 15.1 Å². The van der Waals surface area contributed by atoms with Crippen molar-refractivity contribution >= 4 is 17.5 Å².